The number of anilines is 1. The van der Waals surface area contributed by atoms with E-state index in [0.29, 0.717) is 5.92 Å². The van der Waals surface area contributed by atoms with Crippen molar-refractivity contribution in [3.05, 3.63) is 137 Å². The average Bonchev–Trinajstić information content (AvgIpc) is 2.86. The van der Waals surface area contributed by atoms with Gasteiger partial charge in [0.05, 0.1) is 7.11 Å². The van der Waals surface area contributed by atoms with Crippen LogP contribution in [0.3, 0.4) is 0 Å². The Morgan fingerprint density at radius 1 is 0.750 bits per heavy atom. The van der Waals surface area contributed by atoms with Crippen molar-refractivity contribution in [1.82, 2.24) is 0 Å². The lowest BCUT2D eigenvalue weighted by Crippen LogP contribution is -2.32. The van der Waals surface area contributed by atoms with Crippen molar-refractivity contribution in [3.8, 4) is 5.75 Å². The van der Waals surface area contributed by atoms with Crippen molar-refractivity contribution in [2.45, 2.75) is 12.3 Å². The van der Waals surface area contributed by atoms with Crippen LogP contribution in [0.4, 0.5) is 5.69 Å². The Morgan fingerprint density at radius 3 is 2.28 bits per heavy atom. The standard InChI is InChI=1S/C30H25NO/c1-32-23-17-15-21(16-18-23)28-24-12-6-7-13-25(24)29(20-9-3-2-4-10-20)30-26(28)19-22-11-5-8-14-27(22)31-30/h2-18,26,28,31H,19H2,1H3. The molecule has 4 aromatic carbocycles. The first kappa shape index (κ1) is 18.9. The molecular formula is C30H25NO. The zero-order valence-corrected chi connectivity index (χ0v) is 18.1. The van der Waals surface area contributed by atoms with Gasteiger partial charge in [-0.1, -0.05) is 84.9 Å². The first-order valence-corrected chi connectivity index (χ1v) is 11.2. The normalized spacial score (nSPS) is 18.8. The Morgan fingerprint density at radius 2 is 1.47 bits per heavy atom. The molecule has 2 atom stereocenters. The molecule has 6 rings (SSSR count). The van der Waals surface area contributed by atoms with Crippen molar-refractivity contribution in [1.29, 1.82) is 0 Å². The van der Waals surface area contributed by atoms with E-state index in [4.69, 9.17) is 4.74 Å². The summed E-state index contributed by atoms with van der Waals surface area (Å²) in [7, 11) is 1.72. The van der Waals surface area contributed by atoms with E-state index in [1.165, 1.54) is 44.8 Å². The van der Waals surface area contributed by atoms with Crippen LogP contribution in [-0.4, -0.2) is 7.11 Å². The van der Waals surface area contributed by atoms with Gasteiger partial charge in [0.1, 0.15) is 5.75 Å². The van der Waals surface area contributed by atoms with Crippen LogP contribution in [0.1, 0.15) is 33.7 Å². The Balaban J connectivity index is 1.61. The number of methoxy groups -OCH3 is 1. The third kappa shape index (κ3) is 3.03. The van der Waals surface area contributed by atoms with Gasteiger partial charge in [0.15, 0.2) is 0 Å². The largest absolute Gasteiger partial charge is 0.497 e. The van der Waals surface area contributed by atoms with Crippen LogP contribution in [0, 0.1) is 5.92 Å². The molecule has 0 saturated heterocycles. The van der Waals surface area contributed by atoms with Gasteiger partial charge in [-0.2, -0.15) is 0 Å². The van der Waals surface area contributed by atoms with Crippen molar-refractivity contribution in [2.24, 2.45) is 5.92 Å². The number of allylic oxidation sites excluding steroid dienone is 1. The van der Waals surface area contributed by atoms with Crippen molar-refractivity contribution in [2.75, 3.05) is 12.4 Å². The number of rotatable bonds is 3. The molecule has 0 saturated carbocycles. The van der Waals surface area contributed by atoms with E-state index in [1.807, 2.05) is 0 Å². The Hall–Kier alpha value is -3.78. The molecule has 2 nitrogen and oxygen atoms in total. The second-order valence-corrected chi connectivity index (χ2v) is 8.59. The van der Waals surface area contributed by atoms with Crippen LogP contribution in [0.25, 0.3) is 5.57 Å². The summed E-state index contributed by atoms with van der Waals surface area (Å²) in [6.07, 6.45) is 1.01. The number of benzene rings is 4. The molecule has 32 heavy (non-hydrogen) atoms. The number of nitrogens with one attached hydrogen (secondary N) is 1. The number of fused-ring (bicyclic) bond motifs is 3. The molecule has 0 spiro atoms. The lowest BCUT2D eigenvalue weighted by molar-refractivity contribution is 0.414. The summed E-state index contributed by atoms with van der Waals surface area (Å²) in [4.78, 5) is 0. The minimum atomic E-state index is 0.278. The molecule has 4 aromatic rings. The molecule has 1 heterocycles. The topological polar surface area (TPSA) is 21.3 Å². The summed E-state index contributed by atoms with van der Waals surface area (Å²) in [6, 6.07) is 37.1. The smallest absolute Gasteiger partial charge is 0.118 e. The highest BCUT2D eigenvalue weighted by atomic mass is 16.5. The van der Waals surface area contributed by atoms with Crippen molar-refractivity contribution >= 4 is 11.3 Å². The maximum absolute atomic E-state index is 5.43. The van der Waals surface area contributed by atoms with Crippen LogP contribution in [0.2, 0.25) is 0 Å². The fourth-order valence-electron chi connectivity index (χ4n) is 5.43. The second kappa shape index (κ2) is 7.72. The highest BCUT2D eigenvalue weighted by Gasteiger charge is 2.39. The summed E-state index contributed by atoms with van der Waals surface area (Å²) in [5.41, 5.74) is 10.6. The third-order valence-electron chi connectivity index (χ3n) is 6.87. The highest BCUT2D eigenvalue weighted by Crippen LogP contribution is 2.51. The molecule has 2 heteroatoms. The van der Waals surface area contributed by atoms with Gasteiger partial charge in [-0.05, 0) is 52.4 Å². The monoisotopic (exact) mass is 415 g/mol. The minimum Gasteiger partial charge on any atom is -0.497 e. The van der Waals surface area contributed by atoms with Gasteiger partial charge < -0.3 is 10.1 Å². The number of para-hydroxylation sites is 1. The molecule has 0 bridgehead atoms. The van der Waals surface area contributed by atoms with Crippen LogP contribution in [0.15, 0.2) is 109 Å². The predicted octanol–water partition coefficient (Wildman–Crippen LogP) is 6.88. The summed E-state index contributed by atoms with van der Waals surface area (Å²) >= 11 is 0. The number of ether oxygens (including phenoxy) is 1. The highest BCUT2D eigenvalue weighted by molar-refractivity contribution is 5.89. The Bertz CT molecular complexity index is 1300. The zero-order chi connectivity index (χ0) is 21.5. The second-order valence-electron chi connectivity index (χ2n) is 8.59. The van der Waals surface area contributed by atoms with E-state index < -0.39 is 0 Å². The van der Waals surface area contributed by atoms with Crippen LogP contribution < -0.4 is 10.1 Å². The van der Waals surface area contributed by atoms with Gasteiger partial charge in [-0.25, -0.2) is 0 Å². The van der Waals surface area contributed by atoms with Gasteiger partial charge in [0.2, 0.25) is 0 Å². The predicted molar refractivity (Wildman–Crippen MR) is 131 cm³/mol. The number of hydrogen-bond donors (Lipinski definition) is 1. The Kier molecular flexibility index (Phi) is 4.57. The first-order chi connectivity index (χ1) is 15.8. The van der Waals surface area contributed by atoms with E-state index in [-0.39, 0.29) is 5.92 Å². The Labute approximate surface area is 189 Å². The maximum atomic E-state index is 5.43. The van der Waals surface area contributed by atoms with Gasteiger partial charge in [-0.3, -0.25) is 0 Å². The molecule has 156 valence electrons. The lowest BCUT2D eigenvalue weighted by Gasteiger charge is -2.41. The summed E-state index contributed by atoms with van der Waals surface area (Å²) < 4.78 is 5.43. The lowest BCUT2D eigenvalue weighted by atomic mass is 9.67. The molecule has 0 fully saturated rings. The van der Waals surface area contributed by atoms with Crippen molar-refractivity contribution in [3.63, 3.8) is 0 Å². The van der Waals surface area contributed by atoms with E-state index in [1.54, 1.807) is 7.11 Å². The summed E-state index contributed by atoms with van der Waals surface area (Å²) in [6.45, 7) is 0. The van der Waals surface area contributed by atoms with Crippen LogP contribution >= 0.6 is 0 Å². The summed E-state index contributed by atoms with van der Waals surface area (Å²) in [5.74, 6) is 1.51. The molecule has 1 N–H and O–H groups in total. The molecule has 0 amide bonds. The molecule has 0 radical (unpaired) electrons. The zero-order valence-electron chi connectivity index (χ0n) is 18.1. The fourth-order valence-corrected chi connectivity index (χ4v) is 5.43. The van der Waals surface area contributed by atoms with Crippen LogP contribution in [-0.2, 0) is 6.42 Å². The quantitative estimate of drug-likeness (QED) is 0.394. The molecule has 2 unspecified atom stereocenters. The molecule has 1 aliphatic carbocycles. The van der Waals surface area contributed by atoms with Gasteiger partial charge >= 0.3 is 0 Å². The fraction of sp³-hybridized carbons (Fsp3) is 0.133. The van der Waals surface area contributed by atoms with E-state index in [9.17, 15) is 0 Å². The third-order valence-corrected chi connectivity index (χ3v) is 6.87. The van der Waals surface area contributed by atoms with E-state index in [0.717, 1.165) is 12.2 Å². The average molecular weight is 416 g/mol. The van der Waals surface area contributed by atoms with Crippen LogP contribution in [0.5, 0.6) is 5.75 Å². The van der Waals surface area contributed by atoms with Gasteiger partial charge in [0, 0.05) is 28.8 Å². The minimum absolute atomic E-state index is 0.278. The molecular weight excluding hydrogens is 390 g/mol. The van der Waals surface area contributed by atoms with E-state index >= 15 is 0 Å². The summed E-state index contributed by atoms with van der Waals surface area (Å²) in [5, 5.41) is 3.87. The first-order valence-electron chi connectivity index (χ1n) is 11.2. The SMILES string of the molecule is COc1ccc(C2c3ccccc3C(c3ccccc3)=C3Nc4ccccc4CC32)cc1. The van der Waals surface area contributed by atoms with Gasteiger partial charge in [-0.15, -0.1) is 0 Å². The molecule has 1 aliphatic heterocycles. The van der Waals surface area contributed by atoms with Gasteiger partial charge in [0.25, 0.3) is 0 Å². The number of hydrogen-bond acceptors (Lipinski definition) is 2. The van der Waals surface area contributed by atoms with E-state index in [2.05, 4.69) is 108 Å². The molecule has 2 aliphatic rings. The maximum Gasteiger partial charge on any atom is 0.118 e. The van der Waals surface area contributed by atoms with Crippen molar-refractivity contribution < 1.29 is 4.74 Å². The molecule has 0 aromatic heterocycles.